The molecule has 12 aromatic rings. The summed E-state index contributed by atoms with van der Waals surface area (Å²) in [5.74, 6) is 0. The summed E-state index contributed by atoms with van der Waals surface area (Å²) in [6, 6.07) is 31.5. The fourth-order valence-electron chi connectivity index (χ4n) is 17.2. The van der Waals surface area contributed by atoms with Crippen LogP contribution in [0.3, 0.4) is 0 Å². The molecule has 8 aliphatic heterocycles. The SMILES string of the molecule is CC(C)(C)c1ccc2c(c1)-c1cc3c4c5c1B2c1cc2c6cc(C(C)(C)C)cc7c8cc9c%10cc(C(C)(C)C)cc%11c%12c%13c(c%14c%15c%12n(c9c9c8n(c2c(c1N5%14)B9%15)c67)c%10%11)B4c1c-3cc(C(C)(C)C)cc1-%13. The third-order valence-corrected chi connectivity index (χ3v) is 20.1. The second-order valence-electron chi connectivity index (χ2n) is 27.6. The van der Waals surface area contributed by atoms with Gasteiger partial charge in [0.05, 0.1) is 33.1 Å². The van der Waals surface area contributed by atoms with Gasteiger partial charge in [-0.15, -0.1) is 0 Å². The predicted octanol–water partition coefficient (Wildman–Crippen LogP) is 9.70. The van der Waals surface area contributed by atoms with Crippen LogP contribution in [-0.4, -0.2) is 28.9 Å². The van der Waals surface area contributed by atoms with E-state index in [0.717, 1.165) is 0 Å². The van der Waals surface area contributed by atoms with E-state index >= 15 is 0 Å². The molecule has 70 heavy (non-hydrogen) atoms. The smallest absolute Gasteiger partial charge is 0.257 e. The lowest BCUT2D eigenvalue weighted by atomic mass is 9.27. The largest absolute Gasteiger partial charge is 0.313 e. The van der Waals surface area contributed by atoms with E-state index in [4.69, 9.17) is 0 Å². The highest BCUT2D eigenvalue weighted by Gasteiger charge is 2.61. The molecule has 8 aromatic carbocycles. The molecule has 0 N–H and O–H groups in total. The molecule has 0 spiro atoms. The summed E-state index contributed by atoms with van der Waals surface area (Å²) in [7, 11) is 0. The Morgan fingerprint density at radius 1 is 0.314 bits per heavy atom. The van der Waals surface area contributed by atoms with Crippen LogP contribution in [0.5, 0.6) is 0 Å². The molecule has 12 heterocycles. The van der Waals surface area contributed by atoms with Gasteiger partial charge in [-0.25, -0.2) is 0 Å². The van der Waals surface area contributed by atoms with E-state index in [0.29, 0.717) is 0 Å². The Balaban J connectivity index is 1.11. The van der Waals surface area contributed by atoms with Crippen LogP contribution < -0.4 is 54.1 Å². The Morgan fingerprint density at radius 3 is 1.46 bits per heavy atom. The Hall–Kier alpha value is -6.65. The number of aromatic nitrogens is 2. The average Bonchev–Trinajstić information content (AvgIpc) is 4.21. The molecule has 20 rings (SSSR count). The van der Waals surface area contributed by atoms with E-state index < -0.39 is 0 Å². The van der Waals surface area contributed by atoms with Crippen molar-refractivity contribution in [2.24, 2.45) is 0 Å². The van der Waals surface area contributed by atoms with E-state index in [1.54, 1.807) is 38.2 Å². The zero-order chi connectivity index (χ0) is 46.7. The highest BCUT2D eigenvalue weighted by molar-refractivity contribution is 7.12. The van der Waals surface area contributed by atoms with Gasteiger partial charge in [-0.1, -0.05) is 130 Å². The second-order valence-corrected chi connectivity index (χ2v) is 27.6. The van der Waals surface area contributed by atoms with Crippen molar-refractivity contribution in [3.8, 4) is 33.4 Å². The first-order valence-electron chi connectivity index (χ1n) is 26.3. The van der Waals surface area contributed by atoms with E-state index in [1.165, 1.54) is 160 Å². The van der Waals surface area contributed by atoms with Crippen LogP contribution in [0.4, 0.5) is 17.1 Å². The number of hydrogen-bond donors (Lipinski definition) is 0. The molecule has 0 saturated heterocycles. The van der Waals surface area contributed by atoms with Gasteiger partial charge < -0.3 is 13.7 Å². The van der Waals surface area contributed by atoms with Gasteiger partial charge in [-0.3, -0.25) is 0 Å². The molecule has 4 aromatic heterocycles. The minimum atomic E-state index is -0.0219. The standard InChI is InChI=1S/C64H48B3N3/c1-61(2,3)25-13-14-41-29(15-25)31-22-32-30-16-26(62(4,5)6)20-39-43-44-40-21-28(64(10,11)12)19-34-37-23-36-33-17-27(63(7,8)9)18-35-38-24-42-57-50-56(38)68(52(33)35)54(36)49-55(37)69(53(34)40)58(44)51(67(49)50)60-48(43)66(45(30)39)47(32)59(70(57)60)46(31)65(41)42/h13-24H,1-12H3. The number of nitrogens with zero attached hydrogens (tertiary/aromatic N) is 3. The number of anilines is 3. The minimum absolute atomic E-state index is 0.00841. The molecule has 0 bridgehead atoms. The third-order valence-electron chi connectivity index (χ3n) is 20.1. The first-order chi connectivity index (χ1) is 33.3. The Labute approximate surface area is 407 Å². The van der Waals surface area contributed by atoms with Crippen LogP contribution in [0, 0.1) is 0 Å². The summed E-state index contributed by atoms with van der Waals surface area (Å²) in [5, 5.41) is 11.6. The number of fused-ring (bicyclic) bond motifs is 11. The fraction of sp³-hybridized carbons (Fsp3) is 0.250. The highest BCUT2D eigenvalue weighted by Crippen LogP contribution is 2.57. The molecule has 328 valence electrons. The van der Waals surface area contributed by atoms with Crippen LogP contribution in [0.15, 0.2) is 72.8 Å². The molecule has 0 unspecified atom stereocenters. The highest BCUT2D eigenvalue weighted by atomic mass is 15.2. The Bertz CT molecular complexity index is 4850. The minimum Gasteiger partial charge on any atom is -0.313 e. The Morgan fingerprint density at radius 2 is 0.786 bits per heavy atom. The first-order valence-corrected chi connectivity index (χ1v) is 26.3. The molecule has 3 nitrogen and oxygen atoms in total. The lowest BCUT2D eigenvalue weighted by Crippen LogP contribution is -2.70. The summed E-state index contributed by atoms with van der Waals surface area (Å²) >= 11 is 0. The predicted molar refractivity (Wildman–Crippen MR) is 303 cm³/mol. The molecular formula is C64H48B3N3. The summed E-state index contributed by atoms with van der Waals surface area (Å²) in [6.45, 7) is 29.4. The average molecular weight is 892 g/mol. The number of rotatable bonds is 0. The molecule has 0 saturated carbocycles. The van der Waals surface area contributed by atoms with Crippen molar-refractivity contribution in [2.45, 2.75) is 105 Å². The van der Waals surface area contributed by atoms with Crippen LogP contribution in [-0.2, 0) is 21.7 Å². The second kappa shape index (κ2) is 9.73. The van der Waals surface area contributed by atoms with Crippen LogP contribution in [0.2, 0.25) is 0 Å². The molecule has 0 radical (unpaired) electrons. The maximum atomic E-state index is 2.96. The van der Waals surface area contributed by atoms with Crippen LogP contribution in [0.1, 0.15) is 105 Å². The van der Waals surface area contributed by atoms with Gasteiger partial charge in [0.25, 0.3) is 6.71 Å². The monoisotopic (exact) mass is 891 g/mol. The maximum Gasteiger partial charge on any atom is 0.257 e. The van der Waals surface area contributed by atoms with Gasteiger partial charge in [0.2, 0.25) is 13.4 Å². The van der Waals surface area contributed by atoms with Crippen molar-refractivity contribution in [1.29, 1.82) is 0 Å². The third kappa shape index (κ3) is 3.25. The van der Waals surface area contributed by atoms with Gasteiger partial charge in [-0.05, 0) is 152 Å². The quantitative estimate of drug-likeness (QED) is 0.138. The molecular weight excluding hydrogens is 843 g/mol. The van der Waals surface area contributed by atoms with Crippen molar-refractivity contribution in [3.63, 3.8) is 0 Å². The van der Waals surface area contributed by atoms with Gasteiger partial charge in [0.1, 0.15) is 0 Å². The van der Waals surface area contributed by atoms with E-state index in [1.807, 2.05) is 0 Å². The summed E-state index contributed by atoms with van der Waals surface area (Å²) < 4.78 is 5.66. The van der Waals surface area contributed by atoms with Crippen molar-refractivity contribution < 1.29 is 0 Å². The normalized spacial score (nSPS) is 16.5. The summed E-state index contributed by atoms with van der Waals surface area (Å²) in [6.07, 6.45) is 0. The Kier molecular flexibility index (Phi) is 5.05. The summed E-state index contributed by atoms with van der Waals surface area (Å²) in [5.41, 5.74) is 41.9. The lowest BCUT2D eigenvalue weighted by molar-refractivity contribution is 0.590. The maximum absolute atomic E-state index is 2.96. The van der Waals surface area contributed by atoms with Crippen LogP contribution in [0.25, 0.3) is 110 Å². The first kappa shape index (κ1) is 36.3. The number of hydrogen-bond acceptors (Lipinski definition) is 1. The lowest BCUT2D eigenvalue weighted by Gasteiger charge is -2.49. The topological polar surface area (TPSA) is 12.1 Å². The van der Waals surface area contributed by atoms with E-state index in [-0.39, 0.29) is 41.8 Å². The van der Waals surface area contributed by atoms with E-state index in [9.17, 15) is 0 Å². The zero-order valence-electron chi connectivity index (χ0n) is 42.0. The zero-order valence-corrected chi connectivity index (χ0v) is 42.0. The van der Waals surface area contributed by atoms with Gasteiger partial charge in [0.15, 0.2) is 0 Å². The molecule has 0 aliphatic carbocycles. The van der Waals surface area contributed by atoms with Crippen molar-refractivity contribution in [2.75, 3.05) is 4.90 Å². The molecule has 0 amide bonds. The molecule has 6 heteroatoms. The number of benzene rings is 8. The van der Waals surface area contributed by atoms with Crippen LogP contribution >= 0.6 is 0 Å². The molecule has 8 aliphatic rings. The summed E-state index contributed by atoms with van der Waals surface area (Å²) in [4.78, 5) is 2.96. The van der Waals surface area contributed by atoms with Crippen molar-refractivity contribution >= 4 is 163 Å². The van der Waals surface area contributed by atoms with Gasteiger partial charge in [0, 0.05) is 60.2 Å². The van der Waals surface area contributed by atoms with Gasteiger partial charge >= 0.3 is 0 Å². The molecule has 0 atom stereocenters. The van der Waals surface area contributed by atoms with Crippen molar-refractivity contribution in [1.82, 2.24) is 8.80 Å². The van der Waals surface area contributed by atoms with E-state index in [2.05, 4.69) is 170 Å². The van der Waals surface area contributed by atoms with Gasteiger partial charge in [-0.2, -0.15) is 0 Å². The molecule has 0 fully saturated rings. The fourth-order valence-corrected chi connectivity index (χ4v) is 17.2. The van der Waals surface area contributed by atoms with Crippen molar-refractivity contribution in [3.05, 3.63) is 95.1 Å².